The number of aryl methyl sites for hydroxylation is 1. The molecule has 6 nitrogen and oxygen atoms in total. The largest absolute Gasteiger partial charge is 0.495 e. The van der Waals surface area contributed by atoms with Crippen LogP contribution in [0.2, 0.25) is 5.02 Å². The van der Waals surface area contributed by atoms with Crippen molar-refractivity contribution in [2.75, 3.05) is 17.7 Å². The zero-order valence-electron chi connectivity index (χ0n) is 15.8. The van der Waals surface area contributed by atoms with Gasteiger partial charge in [0.2, 0.25) is 5.91 Å². The number of para-hydroxylation sites is 1. The van der Waals surface area contributed by atoms with Crippen molar-refractivity contribution < 1.29 is 14.3 Å². The second-order valence-corrected chi connectivity index (χ2v) is 6.88. The molecule has 0 heterocycles. The Hall–Kier alpha value is -2.73. The van der Waals surface area contributed by atoms with Gasteiger partial charge in [-0.3, -0.25) is 4.79 Å². The fourth-order valence-corrected chi connectivity index (χ4v) is 2.66. The van der Waals surface area contributed by atoms with Crippen molar-refractivity contribution in [2.45, 2.75) is 26.8 Å². The van der Waals surface area contributed by atoms with Crippen molar-refractivity contribution >= 4 is 34.9 Å². The monoisotopic (exact) mass is 389 g/mol. The van der Waals surface area contributed by atoms with Crippen LogP contribution >= 0.6 is 11.6 Å². The zero-order valence-corrected chi connectivity index (χ0v) is 16.6. The Morgan fingerprint density at radius 2 is 1.74 bits per heavy atom. The number of hydrogen-bond donors (Lipinski definition) is 3. The van der Waals surface area contributed by atoms with Crippen LogP contribution in [0.1, 0.15) is 19.4 Å². The van der Waals surface area contributed by atoms with Crippen molar-refractivity contribution in [2.24, 2.45) is 5.92 Å². The average molecular weight is 390 g/mol. The van der Waals surface area contributed by atoms with E-state index in [1.807, 2.05) is 39.0 Å². The number of methoxy groups -OCH3 is 1. The summed E-state index contributed by atoms with van der Waals surface area (Å²) < 4.78 is 5.28. The second-order valence-electron chi connectivity index (χ2n) is 6.48. The summed E-state index contributed by atoms with van der Waals surface area (Å²) in [6, 6.07) is 11.2. The molecule has 0 saturated carbocycles. The number of anilines is 2. The van der Waals surface area contributed by atoms with Crippen LogP contribution < -0.4 is 20.7 Å². The average Bonchev–Trinajstić information content (AvgIpc) is 2.63. The van der Waals surface area contributed by atoms with Gasteiger partial charge in [0.15, 0.2) is 0 Å². The number of carbonyl (C=O) groups is 2. The lowest BCUT2D eigenvalue weighted by Gasteiger charge is -2.23. The molecule has 0 saturated heterocycles. The second kappa shape index (κ2) is 9.28. The lowest BCUT2D eigenvalue weighted by Crippen LogP contribution is -2.48. The van der Waals surface area contributed by atoms with E-state index in [1.165, 1.54) is 7.11 Å². The number of amides is 3. The summed E-state index contributed by atoms with van der Waals surface area (Å²) in [6.45, 7) is 5.55. The van der Waals surface area contributed by atoms with E-state index >= 15 is 0 Å². The summed E-state index contributed by atoms with van der Waals surface area (Å²) in [4.78, 5) is 25.0. The lowest BCUT2D eigenvalue weighted by molar-refractivity contribution is -0.118. The molecule has 0 fully saturated rings. The maximum Gasteiger partial charge on any atom is 0.319 e. The summed E-state index contributed by atoms with van der Waals surface area (Å²) in [5.74, 6) is -0.00524. The van der Waals surface area contributed by atoms with Gasteiger partial charge in [0.05, 0.1) is 12.8 Å². The molecule has 0 aromatic heterocycles. The third kappa shape index (κ3) is 5.62. The number of urea groups is 1. The van der Waals surface area contributed by atoms with Gasteiger partial charge in [-0.2, -0.15) is 0 Å². The SMILES string of the molecule is COc1cc(Cl)c(C)cc1NC(=O)[C@H](NC(=O)Nc1ccccc1)C(C)C. The molecule has 3 amide bonds. The van der Waals surface area contributed by atoms with Crippen LogP contribution in [0.3, 0.4) is 0 Å². The van der Waals surface area contributed by atoms with E-state index < -0.39 is 12.1 Å². The molecule has 2 aromatic rings. The van der Waals surface area contributed by atoms with Gasteiger partial charge >= 0.3 is 6.03 Å². The number of nitrogens with one attached hydrogen (secondary N) is 3. The van der Waals surface area contributed by atoms with Gasteiger partial charge in [-0.1, -0.05) is 43.6 Å². The Balaban J connectivity index is 2.11. The van der Waals surface area contributed by atoms with Crippen LogP contribution in [-0.2, 0) is 4.79 Å². The minimum atomic E-state index is -0.727. The topological polar surface area (TPSA) is 79.5 Å². The van der Waals surface area contributed by atoms with Crippen LogP contribution in [0, 0.1) is 12.8 Å². The molecule has 0 aliphatic rings. The van der Waals surface area contributed by atoms with E-state index in [9.17, 15) is 9.59 Å². The van der Waals surface area contributed by atoms with Crippen LogP contribution in [0.5, 0.6) is 5.75 Å². The number of halogens is 1. The molecule has 0 unspecified atom stereocenters. The Labute approximate surface area is 164 Å². The number of carbonyl (C=O) groups excluding carboxylic acids is 2. The highest BCUT2D eigenvalue weighted by Gasteiger charge is 2.25. The predicted octanol–water partition coefficient (Wildman–Crippen LogP) is 4.44. The van der Waals surface area contributed by atoms with Crippen molar-refractivity contribution in [3.05, 3.63) is 53.1 Å². The number of ether oxygens (including phenoxy) is 1. The minimum Gasteiger partial charge on any atom is -0.495 e. The molecule has 0 spiro atoms. The molecular weight excluding hydrogens is 366 g/mol. The maximum atomic E-state index is 12.8. The molecule has 7 heteroatoms. The number of hydrogen-bond acceptors (Lipinski definition) is 3. The molecular formula is C20H24ClN3O3. The highest BCUT2D eigenvalue weighted by molar-refractivity contribution is 6.31. The van der Waals surface area contributed by atoms with Crippen LogP contribution in [0.4, 0.5) is 16.2 Å². The fourth-order valence-electron chi connectivity index (χ4n) is 2.51. The molecule has 1 atom stereocenters. The zero-order chi connectivity index (χ0) is 20.0. The predicted molar refractivity (Wildman–Crippen MR) is 109 cm³/mol. The first-order valence-electron chi connectivity index (χ1n) is 8.59. The molecule has 2 aromatic carbocycles. The van der Waals surface area contributed by atoms with Crippen molar-refractivity contribution in [3.8, 4) is 5.75 Å². The van der Waals surface area contributed by atoms with E-state index in [2.05, 4.69) is 16.0 Å². The fraction of sp³-hybridized carbons (Fsp3) is 0.300. The summed E-state index contributed by atoms with van der Waals surface area (Å²) >= 11 is 6.10. The molecule has 3 N–H and O–H groups in total. The molecule has 0 aliphatic carbocycles. The van der Waals surface area contributed by atoms with E-state index in [1.54, 1.807) is 24.3 Å². The summed E-state index contributed by atoms with van der Waals surface area (Å²) in [6.07, 6.45) is 0. The highest BCUT2D eigenvalue weighted by Crippen LogP contribution is 2.31. The number of rotatable bonds is 6. The molecule has 0 radical (unpaired) electrons. The Kier molecular flexibility index (Phi) is 7.07. The van der Waals surface area contributed by atoms with E-state index in [0.29, 0.717) is 22.1 Å². The molecule has 27 heavy (non-hydrogen) atoms. The third-order valence-corrected chi connectivity index (χ3v) is 4.41. The lowest BCUT2D eigenvalue weighted by atomic mass is 10.0. The van der Waals surface area contributed by atoms with E-state index in [-0.39, 0.29) is 11.8 Å². The Morgan fingerprint density at radius 3 is 2.33 bits per heavy atom. The summed E-state index contributed by atoms with van der Waals surface area (Å²) in [5, 5.41) is 8.79. The van der Waals surface area contributed by atoms with Gasteiger partial charge in [0.1, 0.15) is 11.8 Å². The summed E-state index contributed by atoms with van der Waals surface area (Å²) in [5.41, 5.74) is 1.96. The van der Waals surface area contributed by atoms with Gasteiger partial charge < -0.3 is 20.7 Å². The Bertz CT molecular complexity index is 810. The third-order valence-electron chi connectivity index (χ3n) is 4.01. The molecule has 144 valence electrons. The first kappa shape index (κ1) is 20.6. The number of benzene rings is 2. The van der Waals surface area contributed by atoms with Gasteiger partial charge in [-0.05, 0) is 36.6 Å². The van der Waals surface area contributed by atoms with Crippen LogP contribution in [0.25, 0.3) is 0 Å². The van der Waals surface area contributed by atoms with Crippen molar-refractivity contribution in [1.29, 1.82) is 0 Å². The Morgan fingerprint density at radius 1 is 1.07 bits per heavy atom. The van der Waals surface area contributed by atoms with Gasteiger partial charge in [-0.15, -0.1) is 0 Å². The normalized spacial score (nSPS) is 11.6. The standard InChI is InChI=1S/C20H24ClN3O3/c1-12(2)18(24-20(26)22-14-8-6-5-7-9-14)19(25)23-16-10-13(3)15(21)11-17(16)27-4/h5-12,18H,1-4H3,(H,23,25)(H2,22,24,26)/t18-/m1/s1. The first-order chi connectivity index (χ1) is 12.8. The maximum absolute atomic E-state index is 12.8. The van der Waals surface area contributed by atoms with E-state index in [4.69, 9.17) is 16.3 Å². The first-order valence-corrected chi connectivity index (χ1v) is 8.97. The van der Waals surface area contributed by atoms with Gasteiger partial charge in [-0.25, -0.2) is 4.79 Å². The van der Waals surface area contributed by atoms with Gasteiger partial charge in [0.25, 0.3) is 0 Å². The minimum absolute atomic E-state index is 0.120. The highest BCUT2D eigenvalue weighted by atomic mass is 35.5. The van der Waals surface area contributed by atoms with Crippen molar-refractivity contribution in [1.82, 2.24) is 5.32 Å². The molecule has 0 bridgehead atoms. The van der Waals surface area contributed by atoms with Crippen LogP contribution in [-0.4, -0.2) is 25.1 Å². The van der Waals surface area contributed by atoms with Gasteiger partial charge in [0, 0.05) is 16.8 Å². The van der Waals surface area contributed by atoms with E-state index in [0.717, 1.165) is 5.56 Å². The molecule has 0 aliphatic heterocycles. The summed E-state index contributed by atoms with van der Waals surface area (Å²) in [7, 11) is 1.50. The quantitative estimate of drug-likeness (QED) is 0.683. The van der Waals surface area contributed by atoms with Crippen molar-refractivity contribution in [3.63, 3.8) is 0 Å². The van der Waals surface area contributed by atoms with Crippen LogP contribution in [0.15, 0.2) is 42.5 Å². The molecule has 2 rings (SSSR count). The smallest absolute Gasteiger partial charge is 0.319 e.